The quantitative estimate of drug-likeness (QED) is 0.500. The Kier molecular flexibility index (Phi) is 5.76. The van der Waals surface area contributed by atoms with Gasteiger partial charge in [-0.25, -0.2) is 4.98 Å². The highest BCUT2D eigenvalue weighted by molar-refractivity contribution is 7.18. The van der Waals surface area contributed by atoms with Crippen molar-refractivity contribution in [1.82, 2.24) is 20.2 Å². The molecule has 0 unspecified atom stereocenters. The molecule has 0 radical (unpaired) electrons. The maximum Gasteiger partial charge on any atom is 0.259 e. The third-order valence-electron chi connectivity index (χ3n) is 4.81. The Labute approximate surface area is 178 Å². The molecule has 1 N–H and O–H groups in total. The molecule has 1 aromatic carbocycles. The van der Waals surface area contributed by atoms with Gasteiger partial charge in [0, 0.05) is 31.2 Å². The summed E-state index contributed by atoms with van der Waals surface area (Å²) in [6.45, 7) is 2.12. The SMILES string of the molecule is C[C@@H](c1ccccc1)N(C)c1ccc(C(=O)Nc2nnc(-c3ccncc3)s2)cn1. The number of rotatable bonds is 6. The first-order chi connectivity index (χ1) is 14.6. The molecule has 0 aliphatic carbocycles. The van der Waals surface area contributed by atoms with Gasteiger partial charge < -0.3 is 4.90 Å². The molecule has 0 fully saturated rings. The molecule has 0 aliphatic heterocycles. The highest BCUT2D eigenvalue weighted by Gasteiger charge is 2.15. The van der Waals surface area contributed by atoms with Gasteiger partial charge in [0.05, 0.1) is 11.6 Å². The predicted octanol–water partition coefficient (Wildman–Crippen LogP) is 4.44. The van der Waals surface area contributed by atoms with Crippen LogP contribution < -0.4 is 10.2 Å². The van der Waals surface area contributed by atoms with Gasteiger partial charge in [0.2, 0.25) is 5.13 Å². The largest absolute Gasteiger partial charge is 0.353 e. The van der Waals surface area contributed by atoms with Crippen molar-refractivity contribution in [3.63, 3.8) is 0 Å². The van der Waals surface area contributed by atoms with E-state index < -0.39 is 0 Å². The molecule has 1 atom stereocenters. The molecular weight excluding hydrogens is 396 g/mol. The molecule has 0 saturated carbocycles. The van der Waals surface area contributed by atoms with Crippen molar-refractivity contribution in [3.8, 4) is 10.6 Å². The number of benzene rings is 1. The van der Waals surface area contributed by atoms with Gasteiger partial charge in [-0.05, 0) is 36.8 Å². The number of aromatic nitrogens is 4. The summed E-state index contributed by atoms with van der Waals surface area (Å²) in [5.41, 5.74) is 2.56. The molecule has 3 heterocycles. The van der Waals surface area contributed by atoms with Gasteiger partial charge in [-0.1, -0.05) is 41.7 Å². The number of hydrogen-bond acceptors (Lipinski definition) is 7. The van der Waals surface area contributed by atoms with Crippen molar-refractivity contribution in [2.24, 2.45) is 0 Å². The first kappa shape index (κ1) is 19.7. The fraction of sp³-hybridized carbons (Fsp3) is 0.136. The smallest absolute Gasteiger partial charge is 0.259 e. The zero-order valence-corrected chi connectivity index (χ0v) is 17.4. The van der Waals surface area contributed by atoms with Crippen LogP contribution in [0.15, 0.2) is 73.2 Å². The highest BCUT2D eigenvalue weighted by Crippen LogP contribution is 2.26. The number of nitrogens with one attached hydrogen (secondary N) is 1. The molecule has 0 saturated heterocycles. The summed E-state index contributed by atoms with van der Waals surface area (Å²) in [6.07, 6.45) is 4.96. The van der Waals surface area contributed by atoms with Crippen LogP contribution in [0, 0.1) is 0 Å². The van der Waals surface area contributed by atoms with Gasteiger partial charge in [-0.3, -0.25) is 15.1 Å². The van der Waals surface area contributed by atoms with Gasteiger partial charge in [0.1, 0.15) is 10.8 Å². The molecule has 0 spiro atoms. The summed E-state index contributed by atoms with van der Waals surface area (Å²) in [5, 5.41) is 12.1. The van der Waals surface area contributed by atoms with Crippen LogP contribution in [0.4, 0.5) is 10.9 Å². The zero-order valence-electron chi connectivity index (χ0n) is 16.6. The number of nitrogens with zero attached hydrogens (tertiary/aromatic N) is 5. The van der Waals surface area contributed by atoms with Gasteiger partial charge in [0.25, 0.3) is 5.91 Å². The van der Waals surface area contributed by atoms with Gasteiger partial charge in [-0.2, -0.15) is 0 Å². The third-order valence-corrected chi connectivity index (χ3v) is 5.69. The van der Waals surface area contributed by atoms with Crippen LogP contribution in [0.25, 0.3) is 10.6 Å². The lowest BCUT2D eigenvalue weighted by Crippen LogP contribution is -2.23. The lowest BCUT2D eigenvalue weighted by atomic mass is 10.1. The Balaban J connectivity index is 1.43. The van der Waals surface area contributed by atoms with E-state index in [0.29, 0.717) is 10.7 Å². The van der Waals surface area contributed by atoms with Crippen molar-refractivity contribution in [2.75, 3.05) is 17.3 Å². The van der Waals surface area contributed by atoms with Crippen LogP contribution in [0.5, 0.6) is 0 Å². The van der Waals surface area contributed by atoms with Crippen molar-refractivity contribution in [3.05, 3.63) is 84.3 Å². The minimum atomic E-state index is -0.273. The van der Waals surface area contributed by atoms with Crippen molar-refractivity contribution < 1.29 is 4.79 Å². The highest BCUT2D eigenvalue weighted by atomic mass is 32.1. The molecule has 4 aromatic rings. The number of hydrogen-bond donors (Lipinski definition) is 1. The normalized spacial score (nSPS) is 11.7. The lowest BCUT2D eigenvalue weighted by Gasteiger charge is -2.26. The van der Waals surface area contributed by atoms with E-state index in [9.17, 15) is 4.79 Å². The van der Waals surface area contributed by atoms with E-state index in [-0.39, 0.29) is 11.9 Å². The second kappa shape index (κ2) is 8.79. The van der Waals surface area contributed by atoms with Gasteiger partial charge in [-0.15, -0.1) is 10.2 Å². The second-order valence-corrected chi connectivity index (χ2v) is 7.68. The first-order valence-corrected chi connectivity index (χ1v) is 10.2. The minimum Gasteiger partial charge on any atom is -0.353 e. The first-order valence-electron chi connectivity index (χ1n) is 9.41. The fourth-order valence-electron chi connectivity index (χ4n) is 2.94. The van der Waals surface area contributed by atoms with Crippen LogP contribution in [0.3, 0.4) is 0 Å². The lowest BCUT2D eigenvalue weighted by molar-refractivity contribution is 0.102. The average molecular weight is 417 g/mol. The summed E-state index contributed by atoms with van der Waals surface area (Å²) >= 11 is 1.31. The molecular formula is C22H20N6OS. The maximum atomic E-state index is 12.6. The van der Waals surface area contributed by atoms with Crippen molar-refractivity contribution in [2.45, 2.75) is 13.0 Å². The Morgan fingerprint density at radius 3 is 2.50 bits per heavy atom. The molecule has 0 bridgehead atoms. The van der Waals surface area contributed by atoms with Crippen molar-refractivity contribution >= 4 is 28.2 Å². The number of pyridine rings is 2. The minimum absolute atomic E-state index is 0.159. The Hall–Kier alpha value is -3.65. The topological polar surface area (TPSA) is 83.9 Å². The third kappa shape index (κ3) is 4.33. The van der Waals surface area contributed by atoms with E-state index in [0.717, 1.165) is 16.4 Å². The Bertz CT molecular complexity index is 1120. The molecule has 150 valence electrons. The summed E-state index contributed by atoms with van der Waals surface area (Å²) in [4.78, 5) is 23.1. The molecule has 3 aromatic heterocycles. The monoisotopic (exact) mass is 416 g/mol. The van der Waals surface area contributed by atoms with E-state index in [1.807, 2.05) is 43.4 Å². The summed E-state index contributed by atoms with van der Waals surface area (Å²) in [5.74, 6) is 0.518. The molecule has 30 heavy (non-hydrogen) atoms. The van der Waals surface area contributed by atoms with E-state index in [4.69, 9.17) is 0 Å². The number of carbonyl (C=O) groups excluding carboxylic acids is 1. The Morgan fingerprint density at radius 1 is 1.03 bits per heavy atom. The van der Waals surface area contributed by atoms with Crippen LogP contribution in [0.2, 0.25) is 0 Å². The van der Waals surface area contributed by atoms with E-state index in [1.165, 1.54) is 16.9 Å². The van der Waals surface area contributed by atoms with E-state index in [1.54, 1.807) is 24.7 Å². The van der Waals surface area contributed by atoms with Crippen LogP contribution in [0.1, 0.15) is 28.9 Å². The second-order valence-electron chi connectivity index (χ2n) is 6.71. The summed E-state index contributed by atoms with van der Waals surface area (Å²) < 4.78 is 0. The number of anilines is 2. The van der Waals surface area contributed by atoms with E-state index in [2.05, 4.69) is 49.4 Å². The van der Waals surface area contributed by atoms with Gasteiger partial charge >= 0.3 is 0 Å². The molecule has 1 amide bonds. The summed E-state index contributed by atoms with van der Waals surface area (Å²) in [7, 11) is 1.99. The van der Waals surface area contributed by atoms with Crippen LogP contribution >= 0.6 is 11.3 Å². The standard InChI is InChI=1S/C22H20N6OS/c1-15(16-6-4-3-5-7-16)28(2)19-9-8-18(14-24-19)20(29)25-22-27-26-21(30-22)17-10-12-23-13-11-17/h3-15H,1-2H3,(H,25,27,29)/t15-/m0/s1. The Morgan fingerprint density at radius 2 is 1.80 bits per heavy atom. The fourth-order valence-corrected chi connectivity index (χ4v) is 3.68. The van der Waals surface area contributed by atoms with Gasteiger partial charge in [0.15, 0.2) is 0 Å². The van der Waals surface area contributed by atoms with Crippen LogP contribution in [-0.4, -0.2) is 33.1 Å². The van der Waals surface area contributed by atoms with E-state index >= 15 is 0 Å². The molecule has 7 nitrogen and oxygen atoms in total. The molecule has 0 aliphatic rings. The summed E-state index contributed by atoms with van der Waals surface area (Å²) in [6, 6.07) is 17.7. The maximum absolute atomic E-state index is 12.6. The predicted molar refractivity (Wildman–Crippen MR) is 119 cm³/mol. The average Bonchev–Trinajstić information content (AvgIpc) is 3.28. The molecule has 8 heteroatoms. The number of carbonyl (C=O) groups is 1. The van der Waals surface area contributed by atoms with Crippen molar-refractivity contribution in [1.29, 1.82) is 0 Å². The molecule has 4 rings (SSSR count). The van der Waals surface area contributed by atoms with Crippen LogP contribution in [-0.2, 0) is 0 Å². The number of amides is 1. The zero-order chi connectivity index (χ0) is 20.9.